The molecule has 106 valence electrons. The molecule has 0 aliphatic carbocycles. The molecule has 1 aliphatic rings. The number of ether oxygens (including phenoxy) is 1. The van der Waals surface area contributed by atoms with Gasteiger partial charge in [0.05, 0.1) is 11.8 Å². The van der Waals surface area contributed by atoms with Gasteiger partial charge in [-0.3, -0.25) is 0 Å². The van der Waals surface area contributed by atoms with Crippen molar-refractivity contribution in [1.82, 2.24) is 14.9 Å². The average molecular weight is 277 g/mol. The maximum atomic E-state index is 12.9. The van der Waals surface area contributed by atoms with Crippen LogP contribution in [-0.4, -0.2) is 28.2 Å². The van der Waals surface area contributed by atoms with Gasteiger partial charge < -0.3 is 14.6 Å². The van der Waals surface area contributed by atoms with Gasteiger partial charge in [0, 0.05) is 19.6 Å². The number of rotatable bonds is 2. The quantitative estimate of drug-likeness (QED) is 0.834. The number of fused-ring (bicyclic) bond motifs is 1. The summed E-state index contributed by atoms with van der Waals surface area (Å²) < 4.78 is 44.5. The number of halogens is 3. The molecule has 1 aromatic rings. The van der Waals surface area contributed by atoms with Gasteiger partial charge in [0.1, 0.15) is 0 Å². The summed E-state index contributed by atoms with van der Waals surface area (Å²) >= 11 is 0. The summed E-state index contributed by atoms with van der Waals surface area (Å²) in [5, 5.41) is 2.92. The maximum Gasteiger partial charge on any atom is 0.449 e. The highest BCUT2D eigenvalue weighted by atomic mass is 19.4. The van der Waals surface area contributed by atoms with Crippen molar-refractivity contribution < 1.29 is 22.7 Å². The number of alkyl halides is 3. The van der Waals surface area contributed by atoms with E-state index in [9.17, 15) is 18.0 Å². The minimum atomic E-state index is -4.58. The number of esters is 1. The third kappa shape index (κ3) is 2.73. The number of hydrogen-bond donors (Lipinski definition) is 1. The van der Waals surface area contributed by atoms with Gasteiger partial charge in [0.2, 0.25) is 5.82 Å². The van der Waals surface area contributed by atoms with Crippen LogP contribution in [0.25, 0.3) is 0 Å². The van der Waals surface area contributed by atoms with Crippen molar-refractivity contribution in [2.24, 2.45) is 0 Å². The lowest BCUT2D eigenvalue weighted by Gasteiger charge is -2.19. The number of carbonyl (C=O) groups excluding carboxylic acids is 1. The lowest BCUT2D eigenvalue weighted by atomic mass is 10.2. The van der Waals surface area contributed by atoms with Crippen LogP contribution in [0.1, 0.15) is 35.9 Å². The first-order valence-electron chi connectivity index (χ1n) is 5.89. The molecule has 0 spiro atoms. The Morgan fingerprint density at radius 3 is 2.74 bits per heavy atom. The van der Waals surface area contributed by atoms with Crippen LogP contribution >= 0.6 is 0 Å². The SMILES string of the molecule is CC(C)OC(=O)c1nc(C(F)(F)F)n2c1CNCC2. The van der Waals surface area contributed by atoms with E-state index in [1.807, 2.05) is 0 Å². The Balaban J connectivity index is 2.45. The second-order valence-corrected chi connectivity index (χ2v) is 4.51. The molecule has 0 fully saturated rings. The zero-order valence-electron chi connectivity index (χ0n) is 10.5. The highest BCUT2D eigenvalue weighted by Crippen LogP contribution is 2.31. The highest BCUT2D eigenvalue weighted by Gasteiger charge is 2.40. The molecule has 19 heavy (non-hydrogen) atoms. The molecule has 2 heterocycles. The van der Waals surface area contributed by atoms with E-state index in [0.29, 0.717) is 6.54 Å². The zero-order chi connectivity index (χ0) is 14.2. The standard InChI is InChI=1S/C11H14F3N3O2/c1-6(2)19-9(18)8-7-5-15-3-4-17(7)10(16-8)11(12,13)14/h6,15H,3-5H2,1-2H3. The zero-order valence-corrected chi connectivity index (χ0v) is 10.5. The molecule has 1 N–H and O–H groups in total. The molecular formula is C11H14F3N3O2. The first kappa shape index (κ1) is 13.9. The second kappa shape index (κ2) is 4.84. The Morgan fingerprint density at radius 1 is 1.47 bits per heavy atom. The molecule has 1 aromatic heterocycles. The van der Waals surface area contributed by atoms with E-state index in [1.165, 1.54) is 0 Å². The number of carbonyl (C=O) groups is 1. The molecule has 8 heteroatoms. The smallest absolute Gasteiger partial charge is 0.449 e. The minimum absolute atomic E-state index is 0.131. The Bertz CT molecular complexity index is 494. The normalized spacial score (nSPS) is 15.5. The van der Waals surface area contributed by atoms with Crippen molar-refractivity contribution in [2.75, 3.05) is 6.54 Å². The summed E-state index contributed by atoms with van der Waals surface area (Å²) in [4.78, 5) is 15.2. The summed E-state index contributed by atoms with van der Waals surface area (Å²) in [5.74, 6) is -1.86. The van der Waals surface area contributed by atoms with Gasteiger partial charge in [-0.2, -0.15) is 13.2 Å². The molecule has 2 rings (SSSR count). The third-order valence-electron chi connectivity index (χ3n) is 2.67. The monoisotopic (exact) mass is 277 g/mol. The average Bonchev–Trinajstić information content (AvgIpc) is 2.67. The van der Waals surface area contributed by atoms with Gasteiger partial charge in [-0.05, 0) is 13.8 Å². The fourth-order valence-corrected chi connectivity index (χ4v) is 1.95. The van der Waals surface area contributed by atoms with Crippen LogP contribution in [0.15, 0.2) is 0 Å². The molecule has 0 radical (unpaired) electrons. The topological polar surface area (TPSA) is 56.1 Å². The van der Waals surface area contributed by atoms with Crippen molar-refractivity contribution in [1.29, 1.82) is 0 Å². The van der Waals surface area contributed by atoms with Gasteiger partial charge in [0.25, 0.3) is 0 Å². The lowest BCUT2D eigenvalue weighted by molar-refractivity contribution is -0.147. The van der Waals surface area contributed by atoms with E-state index < -0.39 is 24.1 Å². The molecule has 0 atom stereocenters. The number of nitrogens with zero attached hydrogens (tertiary/aromatic N) is 2. The summed E-state index contributed by atoms with van der Waals surface area (Å²) in [7, 11) is 0. The van der Waals surface area contributed by atoms with Gasteiger partial charge in [-0.15, -0.1) is 0 Å². The van der Waals surface area contributed by atoms with Crippen LogP contribution in [0.2, 0.25) is 0 Å². The maximum absolute atomic E-state index is 12.9. The molecule has 0 saturated carbocycles. The molecule has 0 amide bonds. The molecule has 0 bridgehead atoms. The van der Waals surface area contributed by atoms with Crippen LogP contribution in [0, 0.1) is 0 Å². The number of imidazole rings is 1. The first-order chi connectivity index (χ1) is 8.80. The van der Waals surface area contributed by atoms with Crippen LogP contribution in [0.5, 0.6) is 0 Å². The Kier molecular flexibility index (Phi) is 3.53. The Hall–Kier alpha value is -1.57. The van der Waals surface area contributed by atoms with Gasteiger partial charge in [-0.1, -0.05) is 0 Å². The summed E-state index contributed by atoms with van der Waals surface area (Å²) in [6.07, 6.45) is -4.99. The van der Waals surface area contributed by atoms with E-state index in [2.05, 4.69) is 10.3 Å². The summed E-state index contributed by atoms with van der Waals surface area (Å²) in [5.41, 5.74) is -0.0301. The molecule has 0 unspecified atom stereocenters. The van der Waals surface area contributed by atoms with E-state index >= 15 is 0 Å². The highest BCUT2D eigenvalue weighted by molar-refractivity contribution is 5.89. The fraction of sp³-hybridized carbons (Fsp3) is 0.636. The van der Waals surface area contributed by atoms with Crippen molar-refractivity contribution in [2.45, 2.75) is 39.2 Å². The number of nitrogens with one attached hydrogen (secondary N) is 1. The second-order valence-electron chi connectivity index (χ2n) is 4.51. The number of aromatic nitrogens is 2. The molecule has 5 nitrogen and oxygen atoms in total. The van der Waals surface area contributed by atoms with Crippen LogP contribution in [-0.2, 0) is 24.0 Å². The van der Waals surface area contributed by atoms with Gasteiger partial charge >= 0.3 is 12.1 Å². The predicted molar refractivity (Wildman–Crippen MR) is 59.5 cm³/mol. The van der Waals surface area contributed by atoms with Crippen LogP contribution in [0.3, 0.4) is 0 Å². The van der Waals surface area contributed by atoms with Crippen LogP contribution < -0.4 is 5.32 Å². The van der Waals surface area contributed by atoms with E-state index in [0.717, 1.165) is 4.57 Å². The summed E-state index contributed by atoms with van der Waals surface area (Å²) in [6.45, 7) is 3.97. The Morgan fingerprint density at radius 2 is 2.16 bits per heavy atom. The predicted octanol–water partition coefficient (Wildman–Crippen LogP) is 1.57. The molecule has 0 aromatic carbocycles. The fourth-order valence-electron chi connectivity index (χ4n) is 1.95. The molecule has 0 saturated heterocycles. The lowest BCUT2D eigenvalue weighted by Crippen LogP contribution is -2.31. The van der Waals surface area contributed by atoms with Gasteiger partial charge in [0.15, 0.2) is 5.69 Å². The van der Waals surface area contributed by atoms with Crippen molar-refractivity contribution in [3.63, 3.8) is 0 Å². The van der Waals surface area contributed by atoms with Crippen LogP contribution in [0.4, 0.5) is 13.2 Å². The minimum Gasteiger partial charge on any atom is -0.458 e. The molecule has 1 aliphatic heterocycles. The van der Waals surface area contributed by atoms with Gasteiger partial charge in [-0.25, -0.2) is 9.78 Å². The van der Waals surface area contributed by atoms with Crippen molar-refractivity contribution >= 4 is 5.97 Å². The molecular weight excluding hydrogens is 263 g/mol. The van der Waals surface area contributed by atoms with Crippen molar-refractivity contribution in [3.05, 3.63) is 17.2 Å². The third-order valence-corrected chi connectivity index (χ3v) is 2.67. The Labute approximate surface area is 107 Å². The van der Waals surface area contributed by atoms with E-state index in [1.54, 1.807) is 13.8 Å². The largest absolute Gasteiger partial charge is 0.458 e. The van der Waals surface area contributed by atoms with E-state index in [4.69, 9.17) is 4.74 Å². The van der Waals surface area contributed by atoms with Crippen molar-refractivity contribution in [3.8, 4) is 0 Å². The van der Waals surface area contributed by atoms with E-state index in [-0.39, 0.29) is 24.5 Å². The first-order valence-corrected chi connectivity index (χ1v) is 5.89. The summed E-state index contributed by atoms with van der Waals surface area (Å²) in [6, 6.07) is 0. The number of hydrogen-bond acceptors (Lipinski definition) is 4.